The number of amides is 1. The third-order valence-corrected chi connectivity index (χ3v) is 6.97. The molecule has 1 aromatic heterocycles. The number of aromatic nitrogens is 1. The molecule has 2 aliphatic heterocycles. The number of piperidine rings is 1. The minimum atomic E-state index is -4.59. The second kappa shape index (κ2) is 11.7. The summed E-state index contributed by atoms with van der Waals surface area (Å²) in [5.74, 6) is 0.698. The highest BCUT2D eigenvalue weighted by atomic mass is 19.4. The third kappa shape index (κ3) is 6.83. The fourth-order valence-electron chi connectivity index (χ4n) is 4.80. The quantitative estimate of drug-likeness (QED) is 0.602. The molecule has 0 bridgehead atoms. The Bertz CT molecular complexity index is 1100. The molecule has 198 valence electrons. The number of carbonyl (C=O) groups is 1. The van der Waals surface area contributed by atoms with Crippen molar-refractivity contribution in [2.75, 3.05) is 63.1 Å². The van der Waals surface area contributed by atoms with Gasteiger partial charge in [0.05, 0.1) is 36.2 Å². The molecule has 1 N–H and O–H groups in total. The summed E-state index contributed by atoms with van der Waals surface area (Å²) in [4.78, 5) is 23.4. The van der Waals surface area contributed by atoms with Crippen LogP contribution in [0.4, 0.5) is 24.5 Å². The van der Waals surface area contributed by atoms with Crippen LogP contribution in [0.15, 0.2) is 36.5 Å². The number of halogens is 3. The van der Waals surface area contributed by atoms with Gasteiger partial charge in [-0.3, -0.25) is 9.69 Å². The van der Waals surface area contributed by atoms with Crippen molar-refractivity contribution in [1.82, 2.24) is 14.8 Å². The number of carbonyl (C=O) groups excluding carboxylic acids is 1. The first kappa shape index (κ1) is 26.5. The Hall–Kier alpha value is -3.52. The van der Waals surface area contributed by atoms with Crippen molar-refractivity contribution in [2.24, 2.45) is 0 Å². The average molecular weight is 517 g/mol. The van der Waals surface area contributed by atoms with E-state index in [0.29, 0.717) is 50.5 Å². The zero-order valence-electron chi connectivity index (χ0n) is 20.8. The Labute approximate surface area is 214 Å². The van der Waals surface area contributed by atoms with E-state index in [9.17, 15) is 18.0 Å². The van der Waals surface area contributed by atoms with Crippen LogP contribution in [-0.4, -0.2) is 79.7 Å². The van der Waals surface area contributed by atoms with Crippen molar-refractivity contribution >= 4 is 17.3 Å². The maximum Gasteiger partial charge on any atom is 0.417 e. The second-order valence-electron chi connectivity index (χ2n) is 9.31. The molecule has 8 nitrogen and oxygen atoms in total. The molecule has 2 fully saturated rings. The van der Waals surface area contributed by atoms with E-state index >= 15 is 0 Å². The van der Waals surface area contributed by atoms with Crippen LogP contribution in [0, 0.1) is 11.3 Å². The topological polar surface area (TPSA) is 84.7 Å². The number of benzene rings is 1. The molecule has 2 aliphatic rings. The van der Waals surface area contributed by atoms with Crippen molar-refractivity contribution in [3.05, 3.63) is 47.7 Å². The number of pyridine rings is 1. The Kier molecular flexibility index (Phi) is 8.38. The van der Waals surface area contributed by atoms with Gasteiger partial charge >= 0.3 is 6.18 Å². The molecule has 0 saturated carbocycles. The molecule has 2 aromatic rings. The minimum Gasteiger partial charge on any atom is -0.481 e. The molecule has 0 radical (unpaired) electrons. The van der Waals surface area contributed by atoms with E-state index in [-0.39, 0.29) is 11.9 Å². The van der Waals surface area contributed by atoms with Crippen molar-refractivity contribution < 1.29 is 22.7 Å². The molecule has 0 spiro atoms. The van der Waals surface area contributed by atoms with E-state index in [4.69, 9.17) is 10.00 Å². The smallest absolute Gasteiger partial charge is 0.417 e. The molecular formula is C26H31F3N6O2. The number of rotatable bonds is 7. The van der Waals surface area contributed by atoms with Crippen LogP contribution in [0.25, 0.3) is 0 Å². The summed E-state index contributed by atoms with van der Waals surface area (Å²) in [5, 5.41) is 12.1. The number of methoxy groups -OCH3 is 1. The summed E-state index contributed by atoms with van der Waals surface area (Å²) in [6, 6.07) is 9.09. The first-order chi connectivity index (χ1) is 17.8. The monoisotopic (exact) mass is 516 g/mol. The summed E-state index contributed by atoms with van der Waals surface area (Å²) < 4.78 is 44.8. The molecule has 0 unspecified atom stereocenters. The SMILES string of the molecule is COc1ccc(N2CCN(CCC(=O)N3CCC(Nc4ccc(C#N)c(C(F)(F)F)c4)CC3)CC2)cn1. The van der Waals surface area contributed by atoms with Gasteiger partial charge in [-0.1, -0.05) is 0 Å². The molecule has 11 heteroatoms. The Balaban J connectivity index is 1.19. The van der Waals surface area contributed by atoms with E-state index in [1.807, 2.05) is 23.2 Å². The van der Waals surface area contributed by atoms with E-state index in [2.05, 4.69) is 20.1 Å². The van der Waals surface area contributed by atoms with Gasteiger partial charge < -0.3 is 19.9 Å². The van der Waals surface area contributed by atoms with Crippen LogP contribution in [0.3, 0.4) is 0 Å². The van der Waals surface area contributed by atoms with Crippen molar-refractivity contribution in [3.8, 4) is 11.9 Å². The van der Waals surface area contributed by atoms with Crippen LogP contribution in [0.1, 0.15) is 30.4 Å². The van der Waals surface area contributed by atoms with Gasteiger partial charge in [-0.05, 0) is 37.1 Å². The number of piperazine rings is 1. The first-order valence-corrected chi connectivity index (χ1v) is 12.4. The predicted octanol–water partition coefficient (Wildman–Crippen LogP) is 3.60. The highest BCUT2D eigenvalue weighted by Gasteiger charge is 2.34. The Morgan fingerprint density at radius 2 is 1.86 bits per heavy atom. The maximum absolute atomic E-state index is 13.2. The summed E-state index contributed by atoms with van der Waals surface area (Å²) in [5.41, 5.74) is 0.0658. The number of hydrogen-bond donors (Lipinski definition) is 1. The van der Waals surface area contributed by atoms with Crippen LogP contribution in [0.2, 0.25) is 0 Å². The lowest BCUT2D eigenvalue weighted by Gasteiger charge is -2.37. The largest absolute Gasteiger partial charge is 0.481 e. The van der Waals surface area contributed by atoms with Crippen LogP contribution in [-0.2, 0) is 11.0 Å². The van der Waals surface area contributed by atoms with Gasteiger partial charge in [0.1, 0.15) is 0 Å². The van der Waals surface area contributed by atoms with Gasteiger partial charge in [0, 0.05) is 70.0 Å². The minimum absolute atomic E-state index is 0.0291. The van der Waals surface area contributed by atoms with E-state index < -0.39 is 17.3 Å². The number of hydrogen-bond acceptors (Lipinski definition) is 7. The standard InChI is InChI=1S/C26H31F3N6O2/c1-37-24-5-4-22(18-31-24)34-14-12-33(13-15-34)9-8-25(36)35-10-6-20(7-11-35)32-21-3-2-19(17-30)23(16-21)26(27,28)29/h2-5,16,18,20,32H,6-15H2,1H3. The second-order valence-corrected chi connectivity index (χ2v) is 9.31. The van der Waals surface area contributed by atoms with Gasteiger partial charge in [0.25, 0.3) is 0 Å². The van der Waals surface area contributed by atoms with Gasteiger partial charge in [-0.2, -0.15) is 18.4 Å². The molecule has 2 saturated heterocycles. The summed E-state index contributed by atoms with van der Waals surface area (Å²) in [7, 11) is 1.59. The molecule has 37 heavy (non-hydrogen) atoms. The van der Waals surface area contributed by atoms with Crippen molar-refractivity contribution in [1.29, 1.82) is 5.26 Å². The highest BCUT2D eigenvalue weighted by Crippen LogP contribution is 2.34. The van der Waals surface area contributed by atoms with Crippen molar-refractivity contribution in [3.63, 3.8) is 0 Å². The lowest BCUT2D eigenvalue weighted by molar-refractivity contribution is -0.137. The van der Waals surface area contributed by atoms with Crippen LogP contribution < -0.4 is 15.0 Å². The molecule has 1 amide bonds. The molecule has 1 aromatic carbocycles. The molecule has 4 rings (SSSR count). The summed E-state index contributed by atoms with van der Waals surface area (Å²) in [6.07, 6.45) is -1.01. The van der Waals surface area contributed by atoms with Crippen molar-refractivity contribution in [2.45, 2.75) is 31.5 Å². The Morgan fingerprint density at radius 1 is 1.14 bits per heavy atom. The third-order valence-electron chi connectivity index (χ3n) is 6.97. The number of nitriles is 1. The van der Waals surface area contributed by atoms with Gasteiger partial charge in [-0.25, -0.2) is 4.98 Å². The first-order valence-electron chi connectivity index (χ1n) is 12.4. The maximum atomic E-state index is 13.2. The number of nitrogens with zero attached hydrogens (tertiary/aromatic N) is 5. The molecular weight excluding hydrogens is 485 g/mol. The van der Waals surface area contributed by atoms with Gasteiger partial charge in [0.15, 0.2) is 0 Å². The molecule has 0 atom stereocenters. The fraction of sp³-hybridized carbons (Fsp3) is 0.500. The number of likely N-dealkylation sites (tertiary alicyclic amines) is 1. The van der Waals surface area contributed by atoms with Crippen LogP contribution in [0.5, 0.6) is 5.88 Å². The molecule has 3 heterocycles. The number of nitrogens with one attached hydrogen (secondary N) is 1. The van der Waals surface area contributed by atoms with E-state index in [0.717, 1.165) is 37.9 Å². The highest BCUT2D eigenvalue weighted by molar-refractivity contribution is 5.76. The summed E-state index contributed by atoms with van der Waals surface area (Å²) >= 11 is 0. The number of ether oxygens (including phenoxy) is 1. The lowest BCUT2D eigenvalue weighted by Crippen LogP contribution is -2.48. The number of alkyl halides is 3. The van der Waals surface area contributed by atoms with E-state index in [1.54, 1.807) is 13.2 Å². The predicted molar refractivity (Wildman–Crippen MR) is 133 cm³/mol. The number of anilines is 2. The summed E-state index contributed by atoms with van der Waals surface area (Å²) in [6.45, 7) is 5.31. The van der Waals surface area contributed by atoms with Gasteiger partial charge in [-0.15, -0.1) is 0 Å². The van der Waals surface area contributed by atoms with Gasteiger partial charge in [0.2, 0.25) is 11.8 Å². The fourth-order valence-corrected chi connectivity index (χ4v) is 4.80. The zero-order valence-corrected chi connectivity index (χ0v) is 20.8. The Morgan fingerprint density at radius 3 is 2.46 bits per heavy atom. The van der Waals surface area contributed by atoms with Crippen LogP contribution >= 0.6 is 0 Å². The lowest BCUT2D eigenvalue weighted by atomic mass is 10.0. The van der Waals surface area contributed by atoms with E-state index in [1.165, 1.54) is 12.1 Å². The molecule has 0 aliphatic carbocycles. The average Bonchev–Trinajstić information content (AvgIpc) is 2.92. The normalized spacial score (nSPS) is 17.4. The zero-order chi connectivity index (χ0) is 26.4.